The molecular formula is C14H18N2O3S. The van der Waals surface area contributed by atoms with E-state index >= 15 is 0 Å². The van der Waals surface area contributed by atoms with Crippen molar-refractivity contribution in [2.24, 2.45) is 5.92 Å². The number of fused-ring (bicyclic) bond motifs is 1. The Balaban J connectivity index is 1.88. The molecule has 1 fully saturated rings. The van der Waals surface area contributed by atoms with Crippen LogP contribution >= 0.6 is 0 Å². The van der Waals surface area contributed by atoms with Crippen LogP contribution < -0.4 is 10.2 Å². The fourth-order valence-corrected chi connectivity index (χ4v) is 4.61. The zero-order valence-corrected chi connectivity index (χ0v) is 12.0. The van der Waals surface area contributed by atoms with E-state index in [0.29, 0.717) is 13.0 Å². The summed E-state index contributed by atoms with van der Waals surface area (Å²) < 4.78 is 23.1. The van der Waals surface area contributed by atoms with Gasteiger partial charge >= 0.3 is 0 Å². The topological polar surface area (TPSA) is 66.5 Å². The van der Waals surface area contributed by atoms with Gasteiger partial charge in [0.1, 0.15) is 0 Å². The van der Waals surface area contributed by atoms with E-state index in [0.717, 1.165) is 24.3 Å². The Morgan fingerprint density at radius 2 is 2.10 bits per heavy atom. The molecule has 0 spiro atoms. The molecule has 0 aromatic heterocycles. The van der Waals surface area contributed by atoms with Crippen LogP contribution in [0, 0.1) is 5.92 Å². The van der Waals surface area contributed by atoms with Gasteiger partial charge in [-0.15, -0.1) is 0 Å². The van der Waals surface area contributed by atoms with Gasteiger partial charge in [-0.1, -0.05) is 12.1 Å². The maximum Gasteiger partial charge on any atom is 0.231 e. The molecule has 1 amide bonds. The van der Waals surface area contributed by atoms with Crippen molar-refractivity contribution in [2.45, 2.75) is 12.8 Å². The first-order chi connectivity index (χ1) is 9.57. The van der Waals surface area contributed by atoms with E-state index < -0.39 is 9.84 Å². The summed E-state index contributed by atoms with van der Waals surface area (Å²) in [4.78, 5) is 14.4. The molecule has 2 aliphatic rings. The standard InChI is InChI=1S/C14H18N2O3S/c17-14(11-6-9-20(18,19)10-11)16-8-3-7-15-12-4-1-2-5-13(12)16/h1-2,4-5,11,15H,3,6-10H2. The van der Waals surface area contributed by atoms with Crippen molar-refractivity contribution in [1.82, 2.24) is 0 Å². The average molecular weight is 294 g/mol. The first-order valence-electron chi connectivity index (χ1n) is 6.91. The third-order valence-corrected chi connectivity index (χ3v) is 5.68. The lowest BCUT2D eigenvalue weighted by molar-refractivity contribution is -0.121. The lowest BCUT2D eigenvalue weighted by Gasteiger charge is -2.25. The Hall–Kier alpha value is -1.56. The molecule has 2 aliphatic heterocycles. The Labute approximate surface area is 118 Å². The van der Waals surface area contributed by atoms with Crippen LogP contribution in [0.4, 0.5) is 11.4 Å². The van der Waals surface area contributed by atoms with Gasteiger partial charge in [-0.25, -0.2) is 8.42 Å². The van der Waals surface area contributed by atoms with Gasteiger partial charge in [0.2, 0.25) is 5.91 Å². The Kier molecular flexibility index (Phi) is 3.41. The Morgan fingerprint density at radius 1 is 1.30 bits per heavy atom. The first kappa shape index (κ1) is 13.4. The van der Waals surface area contributed by atoms with E-state index in [1.165, 1.54) is 0 Å². The molecule has 1 aromatic carbocycles. The minimum atomic E-state index is -3.03. The number of hydrogen-bond acceptors (Lipinski definition) is 4. The summed E-state index contributed by atoms with van der Waals surface area (Å²) in [5, 5.41) is 3.30. The normalized spacial score (nSPS) is 24.6. The fourth-order valence-electron chi connectivity index (χ4n) is 2.88. The van der Waals surface area contributed by atoms with Crippen LogP contribution in [0.2, 0.25) is 0 Å². The molecule has 20 heavy (non-hydrogen) atoms. The summed E-state index contributed by atoms with van der Waals surface area (Å²) in [5.74, 6) is -0.303. The number of carbonyl (C=O) groups is 1. The smallest absolute Gasteiger partial charge is 0.231 e. The number of hydrogen-bond donors (Lipinski definition) is 1. The van der Waals surface area contributed by atoms with E-state index in [1.54, 1.807) is 4.90 Å². The van der Waals surface area contributed by atoms with Crippen molar-refractivity contribution in [3.8, 4) is 0 Å². The highest BCUT2D eigenvalue weighted by Crippen LogP contribution is 2.31. The molecule has 1 unspecified atom stereocenters. The number of sulfone groups is 1. The van der Waals surface area contributed by atoms with Gasteiger partial charge in [0.05, 0.1) is 28.8 Å². The van der Waals surface area contributed by atoms with Gasteiger partial charge in [0.25, 0.3) is 0 Å². The van der Waals surface area contributed by atoms with Crippen molar-refractivity contribution in [2.75, 3.05) is 34.8 Å². The lowest BCUT2D eigenvalue weighted by Crippen LogP contribution is -2.37. The van der Waals surface area contributed by atoms with Gasteiger partial charge < -0.3 is 10.2 Å². The van der Waals surface area contributed by atoms with Gasteiger partial charge in [0.15, 0.2) is 9.84 Å². The number of rotatable bonds is 1. The molecule has 3 rings (SSSR count). The van der Waals surface area contributed by atoms with Crippen LogP contribution in [0.15, 0.2) is 24.3 Å². The zero-order valence-electron chi connectivity index (χ0n) is 11.2. The van der Waals surface area contributed by atoms with E-state index in [1.807, 2.05) is 24.3 Å². The lowest BCUT2D eigenvalue weighted by atomic mass is 10.1. The van der Waals surface area contributed by atoms with Crippen LogP contribution in [0.25, 0.3) is 0 Å². The SMILES string of the molecule is O=C(C1CCS(=O)(=O)C1)N1CCCNc2ccccc21. The second-order valence-electron chi connectivity index (χ2n) is 5.39. The van der Waals surface area contributed by atoms with Crippen molar-refractivity contribution in [3.63, 3.8) is 0 Å². The van der Waals surface area contributed by atoms with Crippen LogP contribution in [0.1, 0.15) is 12.8 Å². The van der Waals surface area contributed by atoms with E-state index in [2.05, 4.69) is 5.32 Å². The van der Waals surface area contributed by atoms with Crippen LogP contribution in [-0.4, -0.2) is 38.9 Å². The summed E-state index contributed by atoms with van der Waals surface area (Å²) in [6.07, 6.45) is 1.31. The van der Waals surface area contributed by atoms with Crippen LogP contribution in [0.5, 0.6) is 0 Å². The molecule has 1 atom stereocenters. The number of para-hydroxylation sites is 2. The third kappa shape index (κ3) is 2.52. The monoisotopic (exact) mass is 294 g/mol. The minimum Gasteiger partial charge on any atom is -0.383 e. The first-order valence-corrected chi connectivity index (χ1v) is 8.74. The van der Waals surface area contributed by atoms with Gasteiger partial charge in [0, 0.05) is 13.1 Å². The molecule has 108 valence electrons. The number of nitrogens with one attached hydrogen (secondary N) is 1. The molecule has 2 heterocycles. The highest BCUT2D eigenvalue weighted by molar-refractivity contribution is 7.91. The van der Waals surface area contributed by atoms with Gasteiger partial charge in [-0.05, 0) is 25.0 Å². The number of carbonyl (C=O) groups excluding carboxylic acids is 1. The average Bonchev–Trinajstić information content (AvgIpc) is 2.68. The zero-order chi connectivity index (χ0) is 14.2. The van der Waals surface area contributed by atoms with Crippen molar-refractivity contribution in [3.05, 3.63) is 24.3 Å². The molecule has 0 radical (unpaired) electrons. The predicted molar refractivity (Wildman–Crippen MR) is 78.7 cm³/mol. The number of benzene rings is 1. The van der Waals surface area contributed by atoms with Gasteiger partial charge in [-0.2, -0.15) is 0 Å². The summed E-state index contributed by atoms with van der Waals surface area (Å²) in [5.41, 5.74) is 1.80. The van der Waals surface area contributed by atoms with Crippen molar-refractivity contribution < 1.29 is 13.2 Å². The molecule has 0 saturated carbocycles. The molecule has 5 nitrogen and oxygen atoms in total. The number of amides is 1. The molecule has 1 saturated heterocycles. The Morgan fingerprint density at radius 3 is 2.85 bits per heavy atom. The van der Waals surface area contributed by atoms with Gasteiger partial charge in [-0.3, -0.25) is 4.79 Å². The molecule has 6 heteroatoms. The molecule has 0 bridgehead atoms. The maximum atomic E-state index is 12.6. The second kappa shape index (κ2) is 5.09. The van der Waals surface area contributed by atoms with Crippen molar-refractivity contribution >= 4 is 27.1 Å². The summed E-state index contributed by atoms with van der Waals surface area (Å²) in [7, 11) is -3.03. The van der Waals surface area contributed by atoms with Crippen molar-refractivity contribution in [1.29, 1.82) is 0 Å². The summed E-state index contributed by atoms with van der Waals surface area (Å²) >= 11 is 0. The molecule has 0 aliphatic carbocycles. The highest BCUT2D eigenvalue weighted by Gasteiger charge is 2.36. The molecular weight excluding hydrogens is 276 g/mol. The van der Waals surface area contributed by atoms with Crippen LogP contribution in [0.3, 0.4) is 0 Å². The summed E-state index contributed by atoms with van der Waals surface area (Å²) in [6.45, 7) is 1.46. The third-order valence-electron chi connectivity index (χ3n) is 3.92. The highest BCUT2D eigenvalue weighted by atomic mass is 32.2. The molecule has 1 N–H and O–H groups in total. The quantitative estimate of drug-likeness (QED) is 0.847. The van der Waals surface area contributed by atoms with E-state index in [4.69, 9.17) is 0 Å². The van der Waals surface area contributed by atoms with E-state index in [-0.39, 0.29) is 23.3 Å². The second-order valence-corrected chi connectivity index (χ2v) is 7.62. The number of nitrogens with zero attached hydrogens (tertiary/aromatic N) is 1. The van der Waals surface area contributed by atoms with Crippen LogP contribution in [-0.2, 0) is 14.6 Å². The largest absolute Gasteiger partial charge is 0.383 e. The predicted octanol–water partition coefficient (Wildman–Crippen LogP) is 1.27. The Bertz CT molecular complexity index is 627. The fraction of sp³-hybridized carbons (Fsp3) is 0.500. The molecule has 1 aromatic rings. The summed E-state index contributed by atoms with van der Waals surface area (Å²) in [6, 6.07) is 7.69. The number of anilines is 2. The van der Waals surface area contributed by atoms with E-state index in [9.17, 15) is 13.2 Å². The minimum absolute atomic E-state index is 0.00205. The maximum absolute atomic E-state index is 12.6.